The van der Waals surface area contributed by atoms with E-state index in [9.17, 15) is 5.11 Å². The molecule has 3 nitrogen and oxygen atoms in total. The fourth-order valence-electron chi connectivity index (χ4n) is 1.55. The van der Waals surface area contributed by atoms with Crippen LogP contribution in [0, 0.1) is 0 Å². The van der Waals surface area contributed by atoms with Gasteiger partial charge in [0.05, 0.1) is 6.10 Å². The average molecular weight is 275 g/mol. The zero-order chi connectivity index (χ0) is 13.5. The van der Waals surface area contributed by atoms with Crippen LogP contribution in [-0.2, 0) is 0 Å². The van der Waals surface area contributed by atoms with E-state index in [0.717, 1.165) is 4.90 Å². The summed E-state index contributed by atoms with van der Waals surface area (Å²) in [6, 6.07) is 17.2. The van der Waals surface area contributed by atoms with Gasteiger partial charge < -0.3 is 15.6 Å². The van der Waals surface area contributed by atoms with E-state index < -0.39 is 6.10 Å². The Labute approximate surface area is 117 Å². The molecule has 4 heteroatoms. The molecule has 2 aromatic carbocycles. The SMILES string of the molecule is Nc1cccc(OCC(O)CSc2ccccc2)c1. The number of rotatable bonds is 6. The minimum absolute atomic E-state index is 0.267. The van der Waals surface area contributed by atoms with Crippen molar-refractivity contribution < 1.29 is 9.84 Å². The lowest BCUT2D eigenvalue weighted by Gasteiger charge is -2.12. The van der Waals surface area contributed by atoms with E-state index in [1.54, 1.807) is 23.9 Å². The average Bonchev–Trinajstić information content (AvgIpc) is 2.44. The van der Waals surface area contributed by atoms with Gasteiger partial charge in [-0.25, -0.2) is 0 Å². The van der Waals surface area contributed by atoms with Crippen molar-refractivity contribution in [2.75, 3.05) is 18.1 Å². The highest BCUT2D eigenvalue weighted by Gasteiger charge is 2.06. The van der Waals surface area contributed by atoms with E-state index in [1.807, 2.05) is 42.5 Å². The zero-order valence-electron chi connectivity index (χ0n) is 10.5. The summed E-state index contributed by atoms with van der Waals surface area (Å²) in [5.74, 6) is 1.29. The lowest BCUT2D eigenvalue weighted by molar-refractivity contribution is 0.126. The van der Waals surface area contributed by atoms with E-state index in [0.29, 0.717) is 17.2 Å². The van der Waals surface area contributed by atoms with E-state index in [2.05, 4.69) is 0 Å². The quantitative estimate of drug-likeness (QED) is 0.629. The highest BCUT2D eigenvalue weighted by atomic mass is 32.2. The van der Waals surface area contributed by atoms with Crippen molar-refractivity contribution >= 4 is 17.4 Å². The molecule has 3 N–H and O–H groups in total. The molecule has 1 unspecified atom stereocenters. The summed E-state index contributed by atoms with van der Waals surface area (Å²) in [7, 11) is 0. The highest BCUT2D eigenvalue weighted by Crippen LogP contribution is 2.19. The maximum Gasteiger partial charge on any atom is 0.121 e. The molecule has 100 valence electrons. The second kappa shape index (κ2) is 7.07. The molecule has 0 bridgehead atoms. The fraction of sp³-hybridized carbons (Fsp3) is 0.200. The van der Waals surface area contributed by atoms with Crippen LogP contribution in [0.5, 0.6) is 5.75 Å². The Morgan fingerprint density at radius 3 is 2.63 bits per heavy atom. The first-order valence-electron chi connectivity index (χ1n) is 6.08. The lowest BCUT2D eigenvalue weighted by atomic mass is 10.3. The summed E-state index contributed by atoms with van der Waals surface area (Å²) in [6.07, 6.45) is -0.508. The monoisotopic (exact) mass is 275 g/mol. The van der Waals surface area contributed by atoms with Crippen molar-refractivity contribution in [3.63, 3.8) is 0 Å². The van der Waals surface area contributed by atoms with Crippen LogP contribution >= 0.6 is 11.8 Å². The summed E-state index contributed by atoms with van der Waals surface area (Å²) in [4.78, 5) is 1.14. The molecule has 1 atom stereocenters. The normalized spacial score (nSPS) is 12.1. The first-order valence-corrected chi connectivity index (χ1v) is 7.07. The number of aliphatic hydroxyl groups is 1. The number of nitrogens with two attached hydrogens (primary N) is 1. The number of thioether (sulfide) groups is 1. The zero-order valence-corrected chi connectivity index (χ0v) is 11.3. The van der Waals surface area contributed by atoms with Gasteiger partial charge >= 0.3 is 0 Å². The predicted octanol–water partition coefficient (Wildman–Crippen LogP) is 2.80. The molecule has 0 aromatic heterocycles. The van der Waals surface area contributed by atoms with Crippen LogP contribution in [-0.4, -0.2) is 23.6 Å². The van der Waals surface area contributed by atoms with Gasteiger partial charge in [-0.15, -0.1) is 11.8 Å². The van der Waals surface area contributed by atoms with Crippen LogP contribution in [0.4, 0.5) is 5.69 Å². The first kappa shape index (κ1) is 13.8. The van der Waals surface area contributed by atoms with E-state index in [-0.39, 0.29) is 6.61 Å². The summed E-state index contributed by atoms with van der Waals surface area (Å²) in [5, 5.41) is 9.86. The van der Waals surface area contributed by atoms with Crippen molar-refractivity contribution in [3.8, 4) is 5.75 Å². The Bertz CT molecular complexity index is 505. The molecule has 0 aliphatic heterocycles. The van der Waals surface area contributed by atoms with Gasteiger partial charge in [0.15, 0.2) is 0 Å². The van der Waals surface area contributed by atoms with Crippen molar-refractivity contribution in [1.29, 1.82) is 0 Å². The first-order chi connectivity index (χ1) is 9.24. The molecule has 2 aromatic rings. The van der Waals surface area contributed by atoms with Crippen LogP contribution < -0.4 is 10.5 Å². The molecular weight excluding hydrogens is 258 g/mol. The second-order valence-corrected chi connectivity index (χ2v) is 5.25. The van der Waals surface area contributed by atoms with Gasteiger partial charge in [-0.3, -0.25) is 0 Å². The fourth-order valence-corrected chi connectivity index (χ4v) is 2.38. The number of anilines is 1. The molecule has 0 aliphatic carbocycles. The van der Waals surface area contributed by atoms with E-state index in [4.69, 9.17) is 10.5 Å². The van der Waals surface area contributed by atoms with Crippen LogP contribution in [0.15, 0.2) is 59.5 Å². The Balaban J connectivity index is 1.74. The van der Waals surface area contributed by atoms with Crippen molar-refractivity contribution in [1.82, 2.24) is 0 Å². The third-order valence-corrected chi connectivity index (χ3v) is 3.64. The third kappa shape index (κ3) is 4.85. The summed E-state index contributed by atoms with van der Waals surface area (Å²) in [5.41, 5.74) is 6.31. The molecular formula is C15H17NO2S. The van der Waals surface area contributed by atoms with Gasteiger partial charge in [0, 0.05) is 22.4 Å². The number of aliphatic hydroxyl groups excluding tert-OH is 1. The molecule has 19 heavy (non-hydrogen) atoms. The number of nitrogen functional groups attached to an aromatic ring is 1. The Hall–Kier alpha value is -1.65. The van der Waals surface area contributed by atoms with Crippen molar-refractivity contribution in [2.45, 2.75) is 11.0 Å². The maximum atomic E-state index is 9.86. The molecule has 0 radical (unpaired) electrons. The summed E-state index contributed by atoms with van der Waals surface area (Å²) < 4.78 is 5.49. The van der Waals surface area contributed by atoms with Gasteiger partial charge in [0.25, 0.3) is 0 Å². The van der Waals surface area contributed by atoms with Crippen molar-refractivity contribution in [2.24, 2.45) is 0 Å². The van der Waals surface area contributed by atoms with Gasteiger partial charge in [-0.1, -0.05) is 24.3 Å². The molecule has 0 fully saturated rings. The van der Waals surface area contributed by atoms with Gasteiger partial charge in [-0.05, 0) is 24.3 Å². The number of ether oxygens (including phenoxy) is 1. The van der Waals surface area contributed by atoms with E-state index in [1.165, 1.54) is 0 Å². The lowest BCUT2D eigenvalue weighted by Crippen LogP contribution is -2.20. The van der Waals surface area contributed by atoms with Crippen LogP contribution in [0.2, 0.25) is 0 Å². The Kier molecular flexibility index (Phi) is 5.12. The minimum Gasteiger partial charge on any atom is -0.491 e. The standard InChI is InChI=1S/C15H17NO2S/c16-12-5-4-6-14(9-12)18-10-13(17)11-19-15-7-2-1-3-8-15/h1-9,13,17H,10-11,16H2. The minimum atomic E-state index is -0.508. The van der Waals surface area contributed by atoms with Crippen molar-refractivity contribution in [3.05, 3.63) is 54.6 Å². The topological polar surface area (TPSA) is 55.5 Å². The van der Waals surface area contributed by atoms with Crippen LogP contribution in [0.3, 0.4) is 0 Å². The molecule has 0 amide bonds. The molecule has 2 rings (SSSR count). The number of hydrogen-bond donors (Lipinski definition) is 2. The Morgan fingerprint density at radius 2 is 1.89 bits per heavy atom. The molecule has 0 heterocycles. The van der Waals surface area contributed by atoms with Gasteiger partial charge in [-0.2, -0.15) is 0 Å². The number of hydrogen-bond acceptors (Lipinski definition) is 4. The maximum absolute atomic E-state index is 9.86. The van der Waals surface area contributed by atoms with Gasteiger partial charge in [0.2, 0.25) is 0 Å². The molecule has 0 saturated carbocycles. The summed E-state index contributed by atoms with van der Waals surface area (Å²) in [6.45, 7) is 0.267. The van der Waals surface area contributed by atoms with E-state index >= 15 is 0 Å². The predicted molar refractivity (Wildman–Crippen MR) is 79.5 cm³/mol. The van der Waals surface area contributed by atoms with Crippen LogP contribution in [0.25, 0.3) is 0 Å². The Morgan fingerprint density at radius 1 is 1.11 bits per heavy atom. The smallest absolute Gasteiger partial charge is 0.121 e. The molecule has 0 spiro atoms. The number of benzene rings is 2. The van der Waals surface area contributed by atoms with Crippen LogP contribution in [0.1, 0.15) is 0 Å². The molecule has 0 aliphatic rings. The molecule has 0 saturated heterocycles. The second-order valence-electron chi connectivity index (χ2n) is 4.16. The highest BCUT2D eigenvalue weighted by molar-refractivity contribution is 7.99. The third-order valence-electron chi connectivity index (χ3n) is 2.49. The van der Waals surface area contributed by atoms with Gasteiger partial charge in [0.1, 0.15) is 12.4 Å². The summed E-state index contributed by atoms with van der Waals surface area (Å²) >= 11 is 1.61. The largest absolute Gasteiger partial charge is 0.491 e.